The van der Waals surface area contributed by atoms with Crippen LogP contribution < -0.4 is 9.62 Å². The summed E-state index contributed by atoms with van der Waals surface area (Å²) >= 11 is 0. The Labute approximate surface area is 169 Å². The maximum atomic E-state index is 13.3. The molecule has 2 aliphatic rings. The number of rotatable bonds is 5. The zero-order chi connectivity index (χ0) is 20.6. The van der Waals surface area contributed by atoms with E-state index in [-0.39, 0.29) is 23.9 Å². The number of hydrogen-bond acceptors (Lipinski definition) is 4. The number of ether oxygens (including phenoxy) is 1. The largest absolute Gasteiger partial charge is 0.376 e. The first-order valence-electron chi connectivity index (χ1n) is 9.61. The van der Waals surface area contributed by atoms with E-state index in [4.69, 9.17) is 4.74 Å². The van der Waals surface area contributed by atoms with E-state index in [9.17, 15) is 17.6 Å². The molecular formula is C21H23FN2O4S. The van der Waals surface area contributed by atoms with Crippen LogP contribution in [0.25, 0.3) is 0 Å². The van der Waals surface area contributed by atoms with E-state index in [2.05, 4.69) is 5.32 Å². The fourth-order valence-corrected chi connectivity index (χ4v) is 4.97. The number of carbonyl (C=O) groups excluding carboxylic acids is 1. The fraction of sp³-hybridized carbons (Fsp3) is 0.381. The quantitative estimate of drug-likeness (QED) is 0.810. The van der Waals surface area contributed by atoms with Crippen LogP contribution in [0.2, 0.25) is 0 Å². The van der Waals surface area contributed by atoms with Gasteiger partial charge in [0.1, 0.15) is 5.82 Å². The highest BCUT2D eigenvalue weighted by Gasteiger charge is 2.30. The molecule has 2 atom stereocenters. The SMILES string of the molecule is CS(=O)(=O)N1CCc2cc(C(=O)N[C@@H](c3ccc(F)cc3)[C@H]3CCCO3)ccc21. The highest BCUT2D eigenvalue weighted by atomic mass is 32.2. The molecular weight excluding hydrogens is 395 g/mol. The van der Waals surface area contributed by atoms with Crippen LogP contribution in [0.3, 0.4) is 0 Å². The Balaban J connectivity index is 1.57. The molecule has 0 unspecified atom stereocenters. The minimum Gasteiger partial charge on any atom is -0.376 e. The Kier molecular flexibility index (Phi) is 5.31. The summed E-state index contributed by atoms with van der Waals surface area (Å²) in [7, 11) is -3.33. The zero-order valence-electron chi connectivity index (χ0n) is 16.1. The number of hydrogen-bond donors (Lipinski definition) is 1. The fourth-order valence-electron chi connectivity index (χ4n) is 4.01. The van der Waals surface area contributed by atoms with E-state index in [1.54, 1.807) is 30.3 Å². The molecule has 1 saturated heterocycles. The highest BCUT2D eigenvalue weighted by Crippen LogP contribution is 2.32. The molecule has 1 N–H and O–H groups in total. The standard InChI is InChI=1S/C21H23FN2O4S/c1-29(26,27)24-11-10-15-13-16(6-9-18(15)24)21(25)23-20(19-3-2-12-28-19)14-4-7-17(22)8-5-14/h4-9,13,19-20H,2-3,10-12H2,1H3,(H,23,25)/t19-,20+/m1/s1. The summed E-state index contributed by atoms with van der Waals surface area (Å²) in [5.74, 6) is -0.601. The molecule has 2 heterocycles. The number of amides is 1. The van der Waals surface area contributed by atoms with Crippen LogP contribution in [0.1, 0.15) is 40.4 Å². The summed E-state index contributed by atoms with van der Waals surface area (Å²) in [6.45, 7) is 1.02. The average molecular weight is 418 g/mol. The van der Waals surface area contributed by atoms with Crippen molar-refractivity contribution in [3.63, 3.8) is 0 Å². The monoisotopic (exact) mass is 418 g/mol. The van der Waals surface area contributed by atoms with Gasteiger partial charge in [-0.2, -0.15) is 0 Å². The minimum atomic E-state index is -3.33. The van der Waals surface area contributed by atoms with Crippen molar-refractivity contribution >= 4 is 21.6 Å². The number of carbonyl (C=O) groups is 1. The van der Waals surface area contributed by atoms with Crippen LogP contribution >= 0.6 is 0 Å². The summed E-state index contributed by atoms with van der Waals surface area (Å²) in [4.78, 5) is 13.0. The van der Waals surface area contributed by atoms with Crippen molar-refractivity contribution in [3.05, 3.63) is 65.0 Å². The van der Waals surface area contributed by atoms with Gasteiger partial charge in [-0.25, -0.2) is 12.8 Å². The molecule has 6 nitrogen and oxygen atoms in total. The highest BCUT2D eigenvalue weighted by molar-refractivity contribution is 7.92. The Morgan fingerprint density at radius 3 is 2.66 bits per heavy atom. The second-order valence-corrected chi connectivity index (χ2v) is 9.39. The number of sulfonamides is 1. The first kappa shape index (κ1) is 19.8. The summed E-state index contributed by atoms with van der Waals surface area (Å²) in [5.41, 5.74) is 2.71. The number of halogens is 1. The lowest BCUT2D eigenvalue weighted by atomic mass is 9.98. The van der Waals surface area contributed by atoms with E-state index in [1.807, 2.05) is 0 Å². The van der Waals surface area contributed by atoms with Crippen LogP contribution in [0, 0.1) is 5.82 Å². The van der Waals surface area contributed by atoms with E-state index in [1.165, 1.54) is 22.7 Å². The Morgan fingerprint density at radius 1 is 1.24 bits per heavy atom. The number of benzene rings is 2. The van der Waals surface area contributed by atoms with E-state index < -0.39 is 10.0 Å². The molecule has 2 aliphatic heterocycles. The second kappa shape index (κ2) is 7.76. The molecule has 0 bridgehead atoms. The first-order chi connectivity index (χ1) is 13.8. The van der Waals surface area contributed by atoms with Crippen molar-refractivity contribution in [2.24, 2.45) is 0 Å². The van der Waals surface area contributed by atoms with E-state index >= 15 is 0 Å². The molecule has 0 aliphatic carbocycles. The minimum absolute atomic E-state index is 0.167. The summed E-state index contributed by atoms with van der Waals surface area (Å²) < 4.78 is 44.3. The second-order valence-electron chi connectivity index (χ2n) is 7.48. The number of nitrogens with zero attached hydrogens (tertiary/aromatic N) is 1. The van der Waals surface area contributed by atoms with Crippen molar-refractivity contribution in [1.29, 1.82) is 0 Å². The van der Waals surface area contributed by atoms with Gasteiger partial charge in [-0.15, -0.1) is 0 Å². The lowest BCUT2D eigenvalue weighted by molar-refractivity contribution is 0.0672. The van der Waals surface area contributed by atoms with Crippen molar-refractivity contribution in [1.82, 2.24) is 5.32 Å². The van der Waals surface area contributed by atoms with Gasteiger partial charge in [-0.05, 0) is 60.7 Å². The Morgan fingerprint density at radius 2 is 2.00 bits per heavy atom. The van der Waals surface area contributed by atoms with Crippen molar-refractivity contribution in [3.8, 4) is 0 Å². The molecule has 1 amide bonds. The third kappa shape index (κ3) is 4.13. The molecule has 1 fully saturated rings. The topological polar surface area (TPSA) is 75.7 Å². The van der Waals surface area contributed by atoms with Crippen molar-refractivity contribution < 1.29 is 22.3 Å². The maximum Gasteiger partial charge on any atom is 0.251 e. The van der Waals surface area contributed by atoms with Crippen LogP contribution in [0.4, 0.5) is 10.1 Å². The average Bonchev–Trinajstić information content (AvgIpc) is 3.35. The van der Waals surface area contributed by atoms with Crippen LogP contribution in [-0.2, 0) is 21.2 Å². The zero-order valence-corrected chi connectivity index (χ0v) is 16.9. The molecule has 0 saturated carbocycles. The molecule has 0 aromatic heterocycles. The van der Waals surface area contributed by atoms with Crippen LogP contribution in [0.15, 0.2) is 42.5 Å². The number of nitrogens with one attached hydrogen (secondary N) is 1. The predicted molar refractivity (Wildman–Crippen MR) is 108 cm³/mol. The molecule has 0 spiro atoms. The molecule has 2 aromatic rings. The van der Waals surface area contributed by atoms with Gasteiger partial charge >= 0.3 is 0 Å². The van der Waals surface area contributed by atoms with Gasteiger partial charge in [0.15, 0.2) is 0 Å². The molecule has 29 heavy (non-hydrogen) atoms. The van der Waals surface area contributed by atoms with Gasteiger partial charge < -0.3 is 10.1 Å². The summed E-state index contributed by atoms with van der Waals surface area (Å²) in [6, 6.07) is 10.7. The molecule has 4 rings (SSSR count). The number of fused-ring (bicyclic) bond motifs is 1. The third-order valence-electron chi connectivity index (χ3n) is 5.45. The lowest BCUT2D eigenvalue weighted by Crippen LogP contribution is -2.36. The molecule has 2 aromatic carbocycles. The van der Waals surface area contributed by atoms with E-state index in [0.717, 1.165) is 24.0 Å². The van der Waals surface area contributed by atoms with Gasteiger partial charge in [-0.1, -0.05) is 12.1 Å². The summed E-state index contributed by atoms with van der Waals surface area (Å²) in [6.07, 6.45) is 3.31. The number of anilines is 1. The first-order valence-corrected chi connectivity index (χ1v) is 11.5. The third-order valence-corrected chi connectivity index (χ3v) is 6.63. The van der Waals surface area contributed by atoms with Crippen LogP contribution in [-0.4, -0.2) is 39.8 Å². The van der Waals surface area contributed by atoms with Gasteiger partial charge in [0.25, 0.3) is 5.91 Å². The van der Waals surface area contributed by atoms with Gasteiger partial charge in [0, 0.05) is 18.7 Å². The maximum absolute atomic E-state index is 13.3. The molecule has 154 valence electrons. The Hall–Kier alpha value is -2.45. The van der Waals surface area contributed by atoms with Crippen molar-refractivity contribution in [2.45, 2.75) is 31.4 Å². The Bertz CT molecular complexity index is 1020. The van der Waals surface area contributed by atoms with Crippen LogP contribution in [0.5, 0.6) is 0 Å². The van der Waals surface area contributed by atoms with Gasteiger partial charge in [-0.3, -0.25) is 9.10 Å². The van der Waals surface area contributed by atoms with Gasteiger partial charge in [0.05, 0.1) is 24.1 Å². The smallest absolute Gasteiger partial charge is 0.251 e. The molecule has 0 radical (unpaired) electrons. The predicted octanol–water partition coefficient (Wildman–Crippen LogP) is 2.80. The summed E-state index contributed by atoms with van der Waals surface area (Å²) in [5, 5.41) is 3.03. The lowest BCUT2D eigenvalue weighted by Gasteiger charge is -2.25. The van der Waals surface area contributed by atoms with Crippen molar-refractivity contribution in [2.75, 3.05) is 23.7 Å². The molecule has 8 heteroatoms. The van der Waals surface area contributed by atoms with E-state index in [0.29, 0.717) is 30.8 Å². The normalized spacial score (nSPS) is 19.8. The van der Waals surface area contributed by atoms with Gasteiger partial charge in [0.2, 0.25) is 10.0 Å².